The van der Waals surface area contributed by atoms with Gasteiger partial charge in [0.1, 0.15) is 5.75 Å². The first kappa shape index (κ1) is 23.2. The van der Waals surface area contributed by atoms with Crippen molar-refractivity contribution in [2.24, 2.45) is 5.73 Å². The second kappa shape index (κ2) is 10.4. The molecule has 0 bridgehead atoms. The summed E-state index contributed by atoms with van der Waals surface area (Å²) in [5.41, 5.74) is 12.7. The maximum absolute atomic E-state index is 6.75. The average molecular weight is 484 g/mol. The minimum Gasteiger partial charge on any atom is -0.497 e. The summed E-state index contributed by atoms with van der Waals surface area (Å²) in [6.45, 7) is 2.77. The van der Waals surface area contributed by atoms with E-state index in [1.54, 1.807) is 18.9 Å². The highest BCUT2D eigenvalue weighted by molar-refractivity contribution is 7.98. The summed E-state index contributed by atoms with van der Waals surface area (Å²) in [5.74, 6) is 2.41. The van der Waals surface area contributed by atoms with Gasteiger partial charge in [-0.3, -0.25) is 0 Å². The van der Waals surface area contributed by atoms with Gasteiger partial charge in [0.25, 0.3) is 0 Å². The molecule has 1 atom stereocenters. The van der Waals surface area contributed by atoms with Gasteiger partial charge in [-0.1, -0.05) is 71.9 Å². The van der Waals surface area contributed by atoms with Crippen LogP contribution in [0.3, 0.4) is 0 Å². The Labute approximate surface area is 209 Å². The number of nitrogens with one attached hydrogen (secondary N) is 1. The number of aromatic nitrogens is 4. The number of methoxy groups -OCH3 is 1. The van der Waals surface area contributed by atoms with Gasteiger partial charge in [-0.2, -0.15) is 0 Å². The predicted octanol–water partition coefficient (Wildman–Crippen LogP) is 5.66. The van der Waals surface area contributed by atoms with E-state index in [2.05, 4.69) is 81.3 Å². The molecule has 0 fully saturated rings. The zero-order chi connectivity index (χ0) is 24.2. The lowest BCUT2D eigenvalue weighted by atomic mass is 10.0. The van der Waals surface area contributed by atoms with Gasteiger partial charge < -0.3 is 20.0 Å². The number of thioether (sulfide) groups is 1. The first-order valence-corrected chi connectivity index (χ1v) is 12.6. The zero-order valence-electron chi connectivity index (χ0n) is 19.9. The SMILES string of the molecule is COc1cccc(CSc2nnc(C(N)Cc3c[nH]c4ccccc34)n2Cc2ccc(C)cc2)c1. The minimum atomic E-state index is -0.279. The number of benzene rings is 3. The molecule has 35 heavy (non-hydrogen) atoms. The standard InChI is InChI=1S/C28H29N5OS/c1-19-10-12-20(13-11-19)17-33-27(25(29)15-22-16-30-26-9-4-3-8-24(22)26)31-32-28(33)35-18-21-6-5-7-23(14-21)34-2/h3-14,16,25,30H,15,17-18,29H2,1-2H3. The van der Waals surface area contributed by atoms with Crippen LogP contribution in [0.2, 0.25) is 0 Å². The Morgan fingerprint density at radius 2 is 1.83 bits per heavy atom. The van der Waals surface area contributed by atoms with E-state index < -0.39 is 0 Å². The van der Waals surface area contributed by atoms with Crippen LogP contribution in [0.4, 0.5) is 0 Å². The summed E-state index contributed by atoms with van der Waals surface area (Å²) in [4.78, 5) is 3.34. The Morgan fingerprint density at radius 1 is 1.00 bits per heavy atom. The third-order valence-corrected chi connectivity index (χ3v) is 7.19. The number of hydrogen-bond acceptors (Lipinski definition) is 5. The molecule has 0 radical (unpaired) electrons. The Kier molecular flexibility index (Phi) is 6.88. The van der Waals surface area contributed by atoms with E-state index in [9.17, 15) is 0 Å². The predicted molar refractivity (Wildman–Crippen MR) is 142 cm³/mol. The molecule has 5 rings (SSSR count). The van der Waals surface area contributed by atoms with Gasteiger partial charge in [-0.05, 0) is 48.2 Å². The summed E-state index contributed by atoms with van der Waals surface area (Å²) >= 11 is 1.66. The molecule has 2 aromatic heterocycles. The maximum atomic E-state index is 6.75. The molecular formula is C28H29N5OS. The highest BCUT2D eigenvalue weighted by atomic mass is 32.2. The quantitative estimate of drug-likeness (QED) is 0.264. The number of fused-ring (bicyclic) bond motifs is 1. The number of para-hydroxylation sites is 1. The number of hydrogen-bond donors (Lipinski definition) is 2. The normalized spacial score (nSPS) is 12.2. The fourth-order valence-electron chi connectivity index (χ4n) is 4.24. The summed E-state index contributed by atoms with van der Waals surface area (Å²) in [6.07, 6.45) is 2.72. The topological polar surface area (TPSA) is 81.8 Å². The largest absolute Gasteiger partial charge is 0.497 e. The molecule has 0 spiro atoms. The maximum Gasteiger partial charge on any atom is 0.191 e. The molecule has 3 aromatic carbocycles. The molecule has 6 nitrogen and oxygen atoms in total. The van der Waals surface area contributed by atoms with Gasteiger partial charge in [0.15, 0.2) is 11.0 Å². The van der Waals surface area contributed by atoms with Crippen LogP contribution in [0, 0.1) is 6.92 Å². The molecule has 0 saturated heterocycles. The molecule has 0 aliphatic rings. The fourth-order valence-corrected chi connectivity index (χ4v) is 5.13. The molecule has 178 valence electrons. The van der Waals surface area contributed by atoms with E-state index in [4.69, 9.17) is 10.5 Å². The molecule has 1 unspecified atom stereocenters. The summed E-state index contributed by atoms with van der Waals surface area (Å²) < 4.78 is 7.54. The van der Waals surface area contributed by atoms with Crippen molar-refractivity contribution < 1.29 is 4.74 Å². The molecule has 0 saturated carbocycles. The number of aryl methyl sites for hydroxylation is 1. The lowest BCUT2D eigenvalue weighted by molar-refractivity contribution is 0.414. The molecule has 0 amide bonds. The van der Waals surface area contributed by atoms with Crippen molar-refractivity contribution >= 4 is 22.7 Å². The smallest absolute Gasteiger partial charge is 0.191 e. The first-order valence-electron chi connectivity index (χ1n) is 11.7. The van der Waals surface area contributed by atoms with E-state index in [-0.39, 0.29) is 6.04 Å². The molecule has 7 heteroatoms. The Morgan fingerprint density at radius 3 is 2.66 bits per heavy atom. The van der Waals surface area contributed by atoms with E-state index in [1.165, 1.54) is 27.6 Å². The Balaban J connectivity index is 1.42. The van der Waals surface area contributed by atoms with Gasteiger partial charge >= 0.3 is 0 Å². The van der Waals surface area contributed by atoms with Crippen LogP contribution in [-0.4, -0.2) is 26.9 Å². The highest BCUT2D eigenvalue weighted by Crippen LogP contribution is 2.28. The summed E-state index contributed by atoms with van der Waals surface area (Å²) in [5, 5.41) is 11.2. The summed E-state index contributed by atoms with van der Waals surface area (Å²) in [6, 6.07) is 24.7. The molecule has 2 heterocycles. The van der Waals surface area contributed by atoms with Gasteiger partial charge in [0, 0.05) is 22.9 Å². The van der Waals surface area contributed by atoms with E-state index in [0.717, 1.165) is 28.0 Å². The van der Waals surface area contributed by atoms with Crippen molar-refractivity contribution in [3.05, 3.63) is 107 Å². The lowest BCUT2D eigenvalue weighted by Gasteiger charge is -2.15. The number of ether oxygens (including phenoxy) is 1. The Bertz CT molecular complexity index is 1420. The van der Waals surface area contributed by atoms with Gasteiger partial charge in [0.2, 0.25) is 0 Å². The monoisotopic (exact) mass is 483 g/mol. The van der Waals surface area contributed by atoms with Crippen molar-refractivity contribution in [3.8, 4) is 5.75 Å². The number of nitrogens with zero attached hydrogens (tertiary/aromatic N) is 3. The van der Waals surface area contributed by atoms with Crippen LogP contribution in [0.15, 0.2) is 84.1 Å². The van der Waals surface area contributed by atoms with Crippen LogP contribution in [0.1, 0.15) is 34.1 Å². The van der Waals surface area contributed by atoms with Crippen molar-refractivity contribution in [2.75, 3.05) is 7.11 Å². The van der Waals surface area contributed by atoms with Crippen LogP contribution in [-0.2, 0) is 18.7 Å². The number of nitrogens with two attached hydrogens (primary N) is 1. The summed E-state index contributed by atoms with van der Waals surface area (Å²) in [7, 11) is 1.69. The zero-order valence-corrected chi connectivity index (χ0v) is 20.8. The lowest BCUT2D eigenvalue weighted by Crippen LogP contribution is -2.20. The fraction of sp³-hybridized carbons (Fsp3) is 0.214. The second-order valence-corrected chi connectivity index (χ2v) is 9.67. The van der Waals surface area contributed by atoms with Gasteiger partial charge in [0.05, 0.1) is 19.7 Å². The van der Waals surface area contributed by atoms with Crippen LogP contribution in [0.5, 0.6) is 5.75 Å². The van der Waals surface area contributed by atoms with Crippen molar-refractivity contribution in [1.82, 2.24) is 19.7 Å². The third-order valence-electron chi connectivity index (χ3n) is 6.16. The average Bonchev–Trinajstić information content (AvgIpc) is 3.48. The number of rotatable bonds is 9. The molecule has 0 aliphatic carbocycles. The van der Waals surface area contributed by atoms with Crippen molar-refractivity contribution in [3.63, 3.8) is 0 Å². The minimum absolute atomic E-state index is 0.279. The van der Waals surface area contributed by atoms with Crippen molar-refractivity contribution in [1.29, 1.82) is 0 Å². The van der Waals surface area contributed by atoms with Gasteiger partial charge in [-0.25, -0.2) is 0 Å². The van der Waals surface area contributed by atoms with Crippen molar-refractivity contribution in [2.45, 2.75) is 36.8 Å². The van der Waals surface area contributed by atoms with E-state index >= 15 is 0 Å². The number of H-pyrrole nitrogens is 1. The van der Waals surface area contributed by atoms with E-state index in [1.807, 2.05) is 24.4 Å². The van der Waals surface area contributed by atoms with Gasteiger partial charge in [-0.15, -0.1) is 10.2 Å². The van der Waals surface area contributed by atoms with E-state index in [0.29, 0.717) is 13.0 Å². The first-order chi connectivity index (χ1) is 17.1. The van der Waals surface area contributed by atoms with Crippen LogP contribution < -0.4 is 10.5 Å². The second-order valence-electron chi connectivity index (χ2n) is 8.72. The molecular weight excluding hydrogens is 454 g/mol. The van der Waals surface area contributed by atoms with Crippen LogP contribution >= 0.6 is 11.8 Å². The highest BCUT2D eigenvalue weighted by Gasteiger charge is 2.20. The Hall–Kier alpha value is -3.55. The third kappa shape index (κ3) is 5.26. The molecule has 3 N–H and O–H groups in total. The number of aromatic amines is 1. The molecule has 0 aliphatic heterocycles. The van der Waals surface area contributed by atoms with Crippen LogP contribution in [0.25, 0.3) is 10.9 Å². The molecule has 5 aromatic rings.